The van der Waals surface area contributed by atoms with Gasteiger partial charge in [-0.2, -0.15) is 0 Å². The highest BCUT2D eigenvalue weighted by molar-refractivity contribution is 6.39. The molecule has 1 aliphatic rings. The van der Waals surface area contributed by atoms with Crippen LogP contribution in [0.2, 0.25) is 5.02 Å². The number of carbonyl (C=O) groups excluding carboxylic acids is 3. The fourth-order valence-electron chi connectivity index (χ4n) is 3.41. The van der Waals surface area contributed by atoms with Gasteiger partial charge in [0.15, 0.2) is 0 Å². The minimum Gasteiger partial charge on any atom is -0.496 e. The summed E-state index contributed by atoms with van der Waals surface area (Å²) in [5.41, 5.74) is 2.69. The highest BCUT2D eigenvalue weighted by Crippen LogP contribution is 2.28. The number of amides is 4. The summed E-state index contributed by atoms with van der Waals surface area (Å²) in [6, 6.07) is 18.4. The maximum absolute atomic E-state index is 13.1. The van der Waals surface area contributed by atoms with E-state index in [-0.39, 0.29) is 5.57 Å². The molecule has 7 nitrogen and oxygen atoms in total. The number of benzene rings is 3. The number of anilines is 1. The number of carbonyl (C=O) groups is 3. The van der Waals surface area contributed by atoms with Crippen LogP contribution < -0.4 is 19.7 Å². The number of ether oxygens (including phenoxy) is 2. The summed E-state index contributed by atoms with van der Waals surface area (Å²) in [5.74, 6) is -0.559. The molecule has 172 valence electrons. The molecule has 1 aliphatic heterocycles. The number of urea groups is 1. The molecule has 3 aromatic rings. The molecular weight excluding hydrogens is 456 g/mol. The predicted molar refractivity (Wildman–Crippen MR) is 129 cm³/mol. The SMILES string of the molecule is COc1ccc(Cl)cc1/C=C1\C(=O)NC(=O)N(c2ccc(OCc3ccc(C)cc3)cc2)C1=O. The normalized spacial score (nSPS) is 14.9. The summed E-state index contributed by atoms with van der Waals surface area (Å²) in [6.07, 6.45) is 1.35. The third-order valence-corrected chi connectivity index (χ3v) is 5.45. The molecule has 1 fully saturated rings. The fourth-order valence-corrected chi connectivity index (χ4v) is 3.59. The van der Waals surface area contributed by atoms with Crippen molar-refractivity contribution in [3.63, 3.8) is 0 Å². The summed E-state index contributed by atoms with van der Waals surface area (Å²) >= 11 is 6.05. The van der Waals surface area contributed by atoms with Gasteiger partial charge in [-0.1, -0.05) is 41.4 Å². The number of imide groups is 2. The first-order valence-corrected chi connectivity index (χ1v) is 10.8. The summed E-state index contributed by atoms with van der Waals surface area (Å²) in [4.78, 5) is 38.9. The molecule has 0 bridgehead atoms. The first-order chi connectivity index (χ1) is 16.4. The number of nitrogens with one attached hydrogen (secondary N) is 1. The molecule has 0 aliphatic carbocycles. The van der Waals surface area contributed by atoms with E-state index in [1.807, 2.05) is 31.2 Å². The van der Waals surface area contributed by atoms with E-state index in [2.05, 4.69) is 5.32 Å². The van der Waals surface area contributed by atoms with E-state index in [9.17, 15) is 14.4 Å². The van der Waals surface area contributed by atoms with E-state index in [1.165, 1.54) is 18.7 Å². The lowest BCUT2D eigenvalue weighted by molar-refractivity contribution is -0.122. The van der Waals surface area contributed by atoms with Crippen molar-refractivity contribution in [3.8, 4) is 11.5 Å². The van der Waals surface area contributed by atoms with Gasteiger partial charge in [-0.15, -0.1) is 0 Å². The smallest absolute Gasteiger partial charge is 0.335 e. The molecule has 0 spiro atoms. The Kier molecular flexibility index (Phi) is 6.65. The lowest BCUT2D eigenvalue weighted by Crippen LogP contribution is -2.54. The molecule has 4 rings (SSSR count). The van der Waals surface area contributed by atoms with Crippen LogP contribution in [-0.2, 0) is 16.2 Å². The molecule has 1 N–H and O–H groups in total. The van der Waals surface area contributed by atoms with E-state index in [4.69, 9.17) is 21.1 Å². The van der Waals surface area contributed by atoms with Gasteiger partial charge in [0.1, 0.15) is 23.7 Å². The molecule has 4 amide bonds. The molecule has 0 saturated carbocycles. The average Bonchev–Trinajstić information content (AvgIpc) is 2.82. The molecule has 1 heterocycles. The molecule has 34 heavy (non-hydrogen) atoms. The Labute approximate surface area is 201 Å². The zero-order valence-corrected chi connectivity index (χ0v) is 19.3. The van der Waals surface area contributed by atoms with Crippen LogP contribution in [0.5, 0.6) is 11.5 Å². The van der Waals surface area contributed by atoms with Crippen LogP contribution >= 0.6 is 11.6 Å². The lowest BCUT2D eigenvalue weighted by Gasteiger charge is -2.26. The number of methoxy groups -OCH3 is 1. The van der Waals surface area contributed by atoms with Gasteiger partial charge in [-0.3, -0.25) is 14.9 Å². The second-order valence-corrected chi connectivity index (χ2v) is 8.05. The molecule has 8 heteroatoms. The molecule has 1 saturated heterocycles. The van der Waals surface area contributed by atoms with Gasteiger partial charge < -0.3 is 9.47 Å². The van der Waals surface area contributed by atoms with Gasteiger partial charge in [0, 0.05) is 10.6 Å². The van der Waals surface area contributed by atoms with Crippen molar-refractivity contribution in [1.29, 1.82) is 0 Å². The van der Waals surface area contributed by atoms with E-state index < -0.39 is 17.8 Å². The Bertz CT molecular complexity index is 1280. The maximum Gasteiger partial charge on any atom is 0.335 e. The van der Waals surface area contributed by atoms with Crippen LogP contribution in [-0.4, -0.2) is 25.0 Å². The Morgan fingerprint density at radius 1 is 0.971 bits per heavy atom. The van der Waals surface area contributed by atoms with Gasteiger partial charge in [0.05, 0.1) is 12.8 Å². The second-order valence-electron chi connectivity index (χ2n) is 7.61. The highest BCUT2D eigenvalue weighted by Gasteiger charge is 2.37. The van der Waals surface area contributed by atoms with Crippen LogP contribution in [0.3, 0.4) is 0 Å². The molecule has 0 unspecified atom stereocenters. The van der Waals surface area contributed by atoms with Crippen molar-refractivity contribution in [2.75, 3.05) is 12.0 Å². The molecular formula is C26H21ClN2O5. The van der Waals surface area contributed by atoms with Gasteiger partial charge in [0.25, 0.3) is 11.8 Å². The van der Waals surface area contributed by atoms with Crippen LogP contribution in [0.1, 0.15) is 16.7 Å². The molecule has 0 radical (unpaired) electrons. The molecule has 3 aromatic carbocycles. The van der Waals surface area contributed by atoms with E-state index in [0.29, 0.717) is 34.4 Å². The number of halogens is 1. The predicted octanol–water partition coefficient (Wildman–Crippen LogP) is 4.90. The van der Waals surface area contributed by atoms with Crippen molar-refractivity contribution >= 4 is 41.2 Å². The van der Waals surface area contributed by atoms with Crippen LogP contribution in [0.4, 0.5) is 10.5 Å². The number of rotatable bonds is 6. The van der Waals surface area contributed by atoms with Gasteiger partial charge in [-0.25, -0.2) is 9.69 Å². The van der Waals surface area contributed by atoms with Crippen LogP contribution in [0, 0.1) is 6.92 Å². The van der Waals surface area contributed by atoms with Crippen LogP contribution in [0.15, 0.2) is 72.3 Å². The standard InChI is InChI=1S/C26H21ClN2O5/c1-16-3-5-17(6-4-16)15-34-21-10-8-20(9-11-21)29-25(31)22(24(30)28-26(29)32)14-18-13-19(27)7-12-23(18)33-2/h3-14H,15H2,1-2H3,(H,28,30,32)/b22-14+. The van der Waals surface area contributed by atoms with E-state index >= 15 is 0 Å². The fraction of sp³-hybridized carbons (Fsp3) is 0.115. The average molecular weight is 477 g/mol. The lowest BCUT2D eigenvalue weighted by atomic mass is 10.1. The number of nitrogens with zero attached hydrogens (tertiary/aromatic N) is 1. The largest absolute Gasteiger partial charge is 0.496 e. The highest BCUT2D eigenvalue weighted by atomic mass is 35.5. The van der Waals surface area contributed by atoms with Crippen LogP contribution in [0.25, 0.3) is 6.08 Å². The Balaban J connectivity index is 1.56. The Hall–Kier alpha value is -4.10. The van der Waals surface area contributed by atoms with E-state index in [1.54, 1.807) is 42.5 Å². The first-order valence-electron chi connectivity index (χ1n) is 10.4. The van der Waals surface area contributed by atoms with Crippen molar-refractivity contribution in [2.24, 2.45) is 0 Å². The number of barbiturate groups is 1. The van der Waals surface area contributed by atoms with E-state index in [0.717, 1.165) is 10.5 Å². The zero-order valence-electron chi connectivity index (χ0n) is 18.5. The third kappa shape index (κ3) is 4.94. The molecule has 0 atom stereocenters. The summed E-state index contributed by atoms with van der Waals surface area (Å²) < 4.78 is 11.1. The monoisotopic (exact) mass is 476 g/mol. The van der Waals surface area contributed by atoms with Gasteiger partial charge in [0.2, 0.25) is 0 Å². The van der Waals surface area contributed by atoms with Crippen molar-refractivity contribution in [1.82, 2.24) is 5.32 Å². The summed E-state index contributed by atoms with van der Waals surface area (Å²) in [6.45, 7) is 2.40. The minimum absolute atomic E-state index is 0.222. The third-order valence-electron chi connectivity index (χ3n) is 5.21. The number of hydrogen-bond donors (Lipinski definition) is 1. The minimum atomic E-state index is -0.835. The van der Waals surface area contributed by atoms with Crippen molar-refractivity contribution < 1.29 is 23.9 Å². The summed E-state index contributed by atoms with van der Waals surface area (Å²) in [5, 5.41) is 2.61. The second kappa shape index (κ2) is 9.80. The topological polar surface area (TPSA) is 84.9 Å². The zero-order chi connectivity index (χ0) is 24.2. The quantitative estimate of drug-likeness (QED) is 0.404. The van der Waals surface area contributed by atoms with Gasteiger partial charge >= 0.3 is 6.03 Å². The number of aryl methyl sites for hydroxylation is 1. The number of hydrogen-bond acceptors (Lipinski definition) is 5. The Morgan fingerprint density at radius 3 is 2.35 bits per heavy atom. The van der Waals surface area contributed by atoms with Crippen molar-refractivity contribution in [2.45, 2.75) is 13.5 Å². The maximum atomic E-state index is 13.1. The summed E-state index contributed by atoms with van der Waals surface area (Å²) in [7, 11) is 1.46. The Morgan fingerprint density at radius 2 is 1.68 bits per heavy atom. The molecule has 0 aromatic heterocycles. The van der Waals surface area contributed by atoms with Gasteiger partial charge in [-0.05, 0) is 61.0 Å². The van der Waals surface area contributed by atoms with Crippen molar-refractivity contribution in [3.05, 3.63) is 94.0 Å². The first kappa shape index (κ1) is 23.1.